The molecule has 0 unspecified atom stereocenters. The van der Waals surface area contributed by atoms with Gasteiger partial charge < -0.3 is 10.2 Å². The van der Waals surface area contributed by atoms with E-state index in [0.717, 1.165) is 19.5 Å². The highest BCUT2D eigenvalue weighted by atomic mass is 15.3. The van der Waals surface area contributed by atoms with E-state index in [0.29, 0.717) is 0 Å². The number of nitrogens with zero attached hydrogens (tertiary/aromatic N) is 3. The SMILES string of the molecule is CNCCCN(C)c1cnn(C)c1. The first-order valence-electron chi connectivity index (χ1n) is 4.58. The smallest absolute Gasteiger partial charge is 0.0749 e. The Bertz CT molecular complexity index is 244. The van der Waals surface area contributed by atoms with Crippen LogP contribution in [0.4, 0.5) is 5.69 Å². The van der Waals surface area contributed by atoms with Crippen LogP contribution in [0.15, 0.2) is 12.4 Å². The van der Waals surface area contributed by atoms with E-state index in [4.69, 9.17) is 0 Å². The minimum absolute atomic E-state index is 1.06. The molecule has 1 heterocycles. The summed E-state index contributed by atoms with van der Waals surface area (Å²) in [6.07, 6.45) is 5.07. The highest BCUT2D eigenvalue weighted by Gasteiger charge is 2.01. The molecular weight excluding hydrogens is 164 g/mol. The van der Waals surface area contributed by atoms with Crippen molar-refractivity contribution < 1.29 is 0 Å². The second kappa shape index (κ2) is 4.87. The van der Waals surface area contributed by atoms with Gasteiger partial charge in [-0.15, -0.1) is 0 Å². The van der Waals surface area contributed by atoms with Crippen molar-refractivity contribution in [2.45, 2.75) is 6.42 Å². The summed E-state index contributed by atoms with van der Waals surface area (Å²) in [5, 5.41) is 7.26. The molecule has 0 bridgehead atoms. The molecule has 0 amide bonds. The first kappa shape index (κ1) is 10.1. The van der Waals surface area contributed by atoms with Crippen LogP contribution in [-0.4, -0.2) is 37.0 Å². The van der Waals surface area contributed by atoms with Crippen molar-refractivity contribution in [1.82, 2.24) is 15.1 Å². The lowest BCUT2D eigenvalue weighted by Gasteiger charge is -2.16. The van der Waals surface area contributed by atoms with Crippen LogP contribution < -0.4 is 10.2 Å². The molecule has 0 fully saturated rings. The average Bonchev–Trinajstić information content (AvgIpc) is 2.52. The van der Waals surface area contributed by atoms with E-state index >= 15 is 0 Å². The molecule has 0 saturated carbocycles. The van der Waals surface area contributed by atoms with Gasteiger partial charge >= 0.3 is 0 Å². The van der Waals surface area contributed by atoms with Crippen LogP contribution in [-0.2, 0) is 7.05 Å². The van der Waals surface area contributed by atoms with E-state index in [2.05, 4.69) is 22.4 Å². The zero-order chi connectivity index (χ0) is 9.68. The largest absolute Gasteiger partial charge is 0.372 e. The van der Waals surface area contributed by atoms with Crippen LogP contribution in [0.1, 0.15) is 6.42 Å². The van der Waals surface area contributed by atoms with Crippen LogP contribution in [0.5, 0.6) is 0 Å². The van der Waals surface area contributed by atoms with Crippen molar-refractivity contribution >= 4 is 5.69 Å². The molecular formula is C9H18N4. The minimum atomic E-state index is 1.06. The minimum Gasteiger partial charge on any atom is -0.372 e. The molecule has 0 atom stereocenters. The highest BCUT2D eigenvalue weighted by molar-refractivity contribution is 5.40. The topological polar surface area (TPSA) is 33.1 Å². The summed E-state index contributed by atoms with van der Waals surface area (Å²) < 4.78 is 1.82. The summed E-state index contributed by atoms with van der Waals surface area (Å²) in [7, 11) is 6.00. The van der Waals surface area contributed by atoms with Crippen LogP contribution in [0.25, 0.3) is 0 Å². The molecule has 1 rings (SSSR count). The van der Waals surface area contributed by atoms with Gasteiger partial charge in [-0.25, -0.2) is 0 Å². The molecule has 0 radical (unpaired) electrons. The Kier molecular flexibility index (Phi) is 3.76. The second-order valence-electron chi connectivity index (χ2n) is 3.25. The number of aryl methyl sites for hydroxylation is 1. The van der Waals surface area contributed by atoms with Crippen molar-refractivity contribution in [2.24, 2.45) is 7.05 Å². The Labute approximate surface area is 79.5 Å². The van der Waals surface area contributed by atoms with Gasteiger partial charge in [0.1, 0.15) is 0 Å². The Morgan fingerprint density at radius 1 is 1.62 bits per heavy atom. The fraction of sp³-hybridized carbons (Fsp3) is 0.667. The highest BCUT2D eigenvalue weighted by Crippen LogP contribution is 2.09. The summed E-state index contributed by atoms with van der Waals surface area (Å²) in [5.74, 6) is 0. The molecule has 74 valence electrons. The van der Waals surface area contributed by atoms with Gasteiger partial charge in [0.05, 0.1) is 11.9 Å². The monoisotopic (exact) mass is 182 g/mol. The van der Waals surface area contributed by atoms with Crippen molar-refractivity contribution in [1.29, 1.82) is 0 Å². The third kappa shape index (κ3) is 3.06. The number of hydrogen-bond donors (Lipinski definition) is 1. The maximum Gasteiger partial charge on any atom is 0.0749 e. The summed E-state index contributed by atoms with van der Waals surface area (Å²) >= 11 is 0. The maximum atomic E-state index is 4.13. The second-order valence-corrected chi connectivity index (χ2v) is 3.25. The lowest BCUT2D eigenvalue weighted by atomic mass is 10.3. The normalized spacial score (nSPS) is 10.4. The van der Waals surface area contributed by atoms with Gasteiger partial charge in [0, 0.05) is 26.8 Å². The van der Waals surface area contributed by atoms with E-state index in [1.54, 1.807) is 0 Å². The van der Waals surface area contributed by atoms with Crippen LogP contribution in [0.2, 0.25) is 0 Å². The molecule has 4 nitrogen and oxygen atoms in total. The Balaban J connectivity index is 2.35. The Morgan fingerprint density at radius 2 is 2.38 bits per heavy atom. The Morgan fingerprint density at radius 3 is 2.92 bits per heavy atom. The molecule has 0 aliphatic heterocycles. The standard InChI is InChI=1S/C9H18N4/c1-10-5-4-6-12(2)9-7-11-13(3)8-9/h7-8,10H,4-6H2,1-3H3. The van der Waals surface area contributed by atoms with E-state index in [1.807, 2.05) is 31.2 Å². The predicted octanol–water partition coefficient (Wildman–Crippen LogP) is 0.466. The molecule has 1 N–H and O–H groups in total. The molecule has 0 aromatic carbocycles. The lowest BCUT2D eigenvalue weighted by molar-refractivity contribution is 0.712. The van der Waals surface area contributed by atoms with Gasteiger partial charge in [-0.2, -0.15) is 5.10 Å². The van der Waals surface area contributed by atoms with Gasteiger partial charge in [-0.05, 0) is 20.0 Å². The first-order valence-corrected chi connectivity index (χ1v) is 4.58. The molecule has 13 heavy (non-hydrogen) atoms. The fourth-order valence-electron chi connectivity index (χ4n) is 1.23. The molecule has 0 saturated heterocycles. The molecule has 0 spiro atoms. The third-order valence-corrected chi connectivity index (χ3v) is 2.05. The summed E-state index contributed by atoms with van der Waals surface area (Å²) in [6.45, 7) is 2.12. The number of nitrogens with one attached hydrogen (secondary N) is 1. The van der Waals surface area contributed by atoms with Crippen molar-refractivity contribution in [2.75, 3.05) is 32.1 Å². The molecule has 0 aliphatic carbocycles. The quantitative estimate of drug-likeness (QED) is 0.672. The molecule has 1 aromatic heterocycles. The fourth-order valence-corrected chi connectivity index (χ4v) is 1.23. The average molecular weight is 182 g/mol. The number of hydrogen-bond acceptors (Lipinski definition) is 3. The van der Waals surface area contributed by atoms with Gasteiger partial charge in [0.15, 0.2) is 0 Å². The Hall–Kier alpha value is -1.03. The van der Waals surface area contributed by atoms with Gasteiger partial charge in [0.25, 0.3) is 0 Å². The number of rotatable bonds is 5. The lowest BCUT2D eigenvalue weighted by Crippen LogP contribution is -2.21. The van der Waals surface area contributed by atoms with Gasteiger partial charge in [-0.1, -0.05) is 0 Å². The molecule has 4 heteroatoms. The molecule has 1 aromatic rings. The van der Waals surface area contributed by atoms with E-state index in [1.165, 1.54) is 5.69 Å². The van der Waals surface area contributed by atoms with Gasteiger partial charge in [0.2, 0.25) is 0 Å². The summed E-state index contributed by atoms with van der Waals surface area (Å²) in [4.78, 5) is 2.21. The zero-order valence-electron chi connectivity index (χ0n) is 8.62. The number of aromatic nitrogens is 2. The molecule has 0 aliphatic rings. The van der Waals surface area contributed by atoms with Crippen LogP contribution >= 0.6 is 0 Å². The number of anilines is 1. The van der Waals surface area contributed by atoms with Crippen LogP contribution in [0.3, 0.4) is 0 Å². The zero-order valence-corrected chi connectivity index (χ0v) is 8.62. The predicted molar refractivity (Wildman–Crippen MR) is 55.0 cm³/mol. The summed E-state index contributed by atoms with van der Waals surface area (Å²) in [6, 6.07) is 0. The van der Waals surface area contributed by atoms with E-state index in [9.17, 15) is 0 Å². The summed E-state index contributed by atoms with van der Waals surface area (Å²) in [5.41, 5.74) is 1.18. The third-order valence-electron chi connectivity index (χ3n) is 2.05. The van der Waals surface area contributed by atoms with E-state index < -0.39 is 0 Å². The van der Waals surface area contributed by atoms with Crippen molar-refractivity contribution in [3.05, 3.63) is 12.4 Å². The first-order chi connectivity index (χ1) is 6.24. The van der Waals surface area contributed by atoms with Gasteiger partial charge in [-0.3, -0.25) is 4.68 Å². The van der Waals surface area contributed by atoms with Crippen molar-refractivity contribution in [3.63, 3.8) is 0 Å². The maximum absolute atomic E-state index is 4.13. The van der Waals surface area contributed by atoms with Crippen molar-refractivity contribution in [3.8, 4) is 0 Å². The van der Waals surface area contributed by atoms with Crippen LogP contribution in [0, 0.1) is 0 Å². The van der Waals surface area contributed by atoms with E-state index in [-0.39, 0.29) is 0 Å².